The van der Waals surface area contributed by atoms with Gasteiger partial charge in [-0.1, -0.05) is 65.2 Å². The van der Waals surface area contributed by atoms with Crippen molar-refractivity contribution in [1.29, 1.82) is 0 Å². The lowest BCUT2D eigenvalue weighted by molar-refractivity contribution is 0.0745. The van der Waals surface area contributed by atoms with Gasteiger partial charge in [-0.15, -0.1) is 0 Å². The predicted octanol–water partition coefficient (Wildman–Crippen LogP) is 6.01. The predicted molar refractivity (Wildman–Crippen MR) is 165 cm³/mol. The van der Waals surface area contributed by atoms with E-state index < -0.39 is 12.1 Å². The minimum Gasteiger partial charge on any atom is -0.493 e. The molecule has 7 nitrogen and oxygen atoms in total. The van der Waals surface area contributed by atoms with Gasteiger partial charge in [0, 0.05) is 35.3 Å². The molecule has 0 aromatic heterocycles. The van der Waals surface area contributed by atoms with Gasteiger partial charge in [-0.25, -0.2) is 0 Å². The number of nitrogens with zero attached hydrogens (tertiary/aromatic N) is 1. The molecular formula is C34H55N3O4. The van der Waals surface area contributed by atoms with Crippen molar-refractivity contribution in [2.75, 3.05) is 19.7 Å². The molecule has 41 heavy (non-hydrogen) atoms. The first-order valence-electron chi connectivity index (χ1n) is 16.5. The minimum atomic E-state index is -0.666. The molecule has 5 rings (SSSR count). The maximum atomic E-state index is 13.6. The number of hydrogen-bond acceptors (Lipinski definition) is 5. The monoisotopic (exact) mass is 569 g/mol. The summed E-state index contributed by atoms with van der Waals surface area (Å²) in [6.45, 7) is 10.4. The molecule has 3 fully saturated rings. The largest absolute Gasteiger partial charge is 0.493 e. The zero-order valence-electron chi connectivity index (χ0n) is 26.1. The topological polar surface area (TPSA) is 90.9 Å². The van der Waals surface area contributed by atoms with E-state index in [-0.39, 0.29) is 29.3 Å². The SMILES string of the molecule is C1CCCCCCC1.CC(NC(=O)c1cc2c(c(C(=O)N3CCCC3C)c1)CCC(C)(C)CO2)C(O)C1CCCN1. The van der Waals surface area contributed by atoms with Gasteiger partial charge < -0.3 is 25.4 Å². The van der Waals surface area contributed by atoms with Crippen molar-refractivity contribution in [2.24, 2.45) is 5.41 Å². The maximum Gasteiger partial charge on any atom is 0.254 e. The lowest BCUT2D eigenvalue weighted by Crippen LogP contribution is -2.49. The van der Waals surface area contributed by atoms with Gasteiger partial charge in [-0.2, -0.15) is 0 Å². The molecule has 2 amide bonds. The zero-order valence-corrected chi connectivity index (χ0v) is 26.1. The van der Waals surface area contributed by atoms with E-state index in [9.17, 15) is 14.7 Å². The summed E-state index contributed by atoms with van der Waals surface area (Å²) < 4.78 is 6.16. The maximum absolute atomic E-state index is 13.6. The second kappa shape index (κ2) is 14.9. The zero-order chi connectivity index (χ0) is 29.4. The molecule has 3 heterocycles. The molecular weight excluding hydrogens is 514 g/mol. The van der Waals surface area contributed by atoms with Crippen LogP contribution in [0.3, 0.4) is 0 Å². The molecule has 1 aromatic carbocycles. The summed E-state index contributed by atoms with van der Waals surface area (Å²) in [5.41, 5.74) is 1.89. The van der Waals surface area contributed by atoms with E-state index in [0.29, 0.717) is 23.5 Å². The lowest BCUT2D eigenvalue weighted by atomic mass is 9.86. The quantitative estimate of drug-likeness (QED) is 0.404. The molecule has 4 atom stereocenters. The number of carbonyl (C=O) groups excluding carboxylic acids is 2. The number of likely N-dealkylation sites (tertiary alicyclic amines) is 1. The van der Waals surface area contributed by atoms with Gasteiger partial charge in [0.15, 0.2) is 0 Å². The number of benzene rings is 1. The number of rotatable bonds is 5. The first kappa shape index (κ1) is 31.8. The Bertz CT molecular complexity index is 995. The Balaban J connectivity index is 0.000000417. The van der Waals surface area contributed by atoms with Crippen LogP contribution in [0.25, 0.3) is 0 Å². The van der Waals surface area contributed by atoms with Crippen molar-refractivity contribution in [3.63, 3.8) is 0 Å². The molecule has 1 aromatic rings. The molecule has 4 aliphatic rings. The van der Waals surface area contributed by atoms with Crippen LogP contribution < -0.4 is 15.4 Å². The molecule has 230 valence electrons. The first-order valence-corrected chi connectivity index (χ1v) is 16.5. The summed E-state index contributed by atoms with van der Waals surface area (Å²) in [7, 11) is 0. The summed E-state index contributed by atoms with van der Waals surface area (Å²) in [6, 6.07) is 3.28. The standard InChI is InChI=1S/C26H39N3O4.C8H16/c1-16-7-6-12-29(16)25(32)20-13-18(14-22-19(20)9-10-26(3,4)15-33-22)24(31)28-17(2)23(30)21-8-5-11-27-21;1-2-4-6-8-7-5-3-1/h13-14,16-17,21,23,27,30H,5-12,15H2,1-4H3,(H,28,31);1-8H2. The van der Waals surface area contributed by atoms with Crippen LogP contribution in [-0.4, -0.2) is 65.7 Å². The van der Waals surface area contributed by atoms with E-state index in [4.69, 9.17) is 4.74 Å². The Labute approximate surface area is 248 Å². The number of nitrogens with one attached hydrogen (secondary N) is 2. The van der Waals surface area contributed by atoms with Crippen molar-refractivity contribution in [3.05, 3.63) is 28.8 Å². The number of amides is 2. The number of ether oxygens (including phenoxy) is 1. The first-order chi connectivity index (χ1) is 19.7. The van der Waals surface area contributed by atoms with E-state index in [1.54, 1.807) is 12.1 Å². The van der Waals surface area contributed by atoms with Gasteiger partial charge in [0.25, 0.3) is 11.8 Å². The molecule has 7 heteroatoms. The van der Waals surface area contributed by atoms with Crippen LogP contribution in [0.15, 0.2) is 12.1 Å². The highest BCUT2D eigenvalue weighted by Crippen LogP contribution is 2.36. The van der Waals surface area contributed by atoms with E-state index in [2.05, 4.69) is 31.4 Å². The van der Waals surface area contributed by atoms with E-state index in [1.165, 1.54) is 51.4 Å². The summed E-state index contributed by atoms with van der Waals surface area (Å²) in [5, 5.41) is 16.9. The van der Waals surface area contributed by atoms with E-state index in [0.717, 1.165) is 57.2 Å². The Hall–Kier alpha value is -2.12. The Morgan fingerprint density at radius 2 is 1.68 bits per heavy atom. The smallest absolute Gasteiger partial charge is 0.254 e. The second-order valence-corrected chi connectivity index (χ2v) is 13.7. The molecule has 3 N–H and O–H groups in total. The van der Waals surface area contributed by atoms with Gasteiger partial charge in [0.2, 0.25) is 0 Å². The molecule has 0 radical (unpaired) electrons. The normalized spacial score (nSPS) is 25.7. The van der Waals surface area contributed by atoms with Crippen LogP contribution >= 0.6 is 0 Å². The number of aliphatic hydroxyl groups is 1. The van der Waals surface area contributed by atoms with Crippen LogP contribution in [0.2, 0.25) is 0 Å². The molecule has 1 saturated carbocycles. The fourth-order valence-electron chi connectivity index (χ4n) is 6.69. The third kappa shape index (κ3) is 8.70. The van der Waals surface area contributed by atoms with E-state index in [1.807, 2.05) is 11.8 Å². The number of hydrogen-bond donors (Lipinski definition) is 3. The van der Waals surface area contributed by atoms with Crippen molar-refractivity contribution in [2.45, 2.75) is 142 Å². The van der Waals surface area contributed by atoms with Crippen molar-refractivity contribution < 1.29 is 19.4 Å². The van der Waals surface area contributed by atoms with Crippen LogP contribution in [0.5, 0.6) is 5.75 Å². The number of fused-ring (bicyclic) bond motifs is 1. The summed E-state index contributed by atoms with van der Waals surface area (Å²) in [6.07, 6.45) is 16.9. The second-order valence-electron chi connectivity index (χ2n) is 13.7. The van der Waals surface area contributed by atoms with Gasteiger partial charge >= 0.3 is 0 Å². The van der Waals surface area contributed by atoms with Crippen molar-refractivity contribution >= 4 is 11.8 Å². The molecule has 4 unspecified atom stereocenters. The molecule has 3 aliphatic heterocycles. The Morgan fingerprint density at radius 3 is 2.24 bits per heavy atom. The average molecular weight is 570 g/mol. The third-order valence-electron chi connectivity index (χ3n) is 9.57. The fourth-order valence-corrected chi connectivity index (χ4v) is 6.69. The van der Waals surface area contributed by atoms with Gasteiger partial charge in [-0.05, 0) is 76.5 Å². The van der Waals surface area contributed by atoms with Crippen molar-refractivity contribution in [3.8, 4) is 5.75 Å². The highest BCUT2D eigenvalue weighted by molar-refractivity contribution is 6.02. The molecule has 2 saturated heterocycles. The molecule has 1 aliphatic carbocycles. The van der Waals surface area contributed by atoms with Crippen LogP contribution in [0, 0.1) is 5.41 Å². The Kier molecular flexibility index (Phi) is 11.5. The van der Waals surface area contributed by atoms with Crippen LogP contribution in [-0.2, 0) is 6.42 Å². The highest BCUT2D eigenvalue weighted by Gasteiger charge is 2.33. The lowest BCUT2D eigenvalue weighted by Gasteiger charge is -2.26. The minimum absolute atomic E-state index is 0.00436. The average Bonchev–Trinajstić information content (AvgIpc) is 3.59. The number of carbonyl (C=O) groups is 2. The van der Waals surface area contributed by atoms with Crippen LogP contribution in [0.1, 0.15) is 137 Å². The number of aliphatic hydroxyl groups excluding tert-OH is 1. The summed E-state index contributed by atoms with van der Waals surface area (Å²) >= 11 is 0. The van der Waals surface area contributed by atoms with Gasteiger partial charge in [0.1, 0.15) is 5.75 Å². The molecule has 0 bridgehead atoms. The summed E-state index contributed by atoms with van der Waals surface area (Å²) in [4.78, 5) is 28.7. The fraction of sp³-hybridized carbons (Fsp3) is 0.765. The van der Waals surface area contributed by atoms with Crippen LogP contribution in [0.4, 0.5) is 0 Å². The van der Waals surface area contributed by atoms with Crippen molar-refractivity contribution in [1.82, 2.24) is 15.5 Å². The van der Waals surface area contributed by atoms with Gasteiger partial charge in [-0.3, -0.25) is 9.59 Å². The third-order valence-corrected chi connectivity index (χ3v) is 9.57. The van der Waals surface area contributed by atoms with Gasteiger partial charge in [0.05, 0.1) is 18.8 Å². The summed E-state index contributed by atoms with van der Waals surface area (Å²) in [5.74, 6) is 0.324. The molecule has 0 spiro atoms. The highest BCUT2D eigenvalue weighted by atomic mass is 16.5. The Morgan fingerprint density at radius 1 is 1.02 bits per heavy atom. The van der Waals surface area contributed by atoms with E-state index >= 15 is 0 Å².